The molecule has 1 unspecified atom stereocenters. The largest absolute Gasteiger partial charge is 0.314 e. The van der Waals surface area contributed by atoms with E-state index in [1.165, 1.54) is 62.6 Å². The molecule has 1 nitrogen and oxygen atoms in total. The molecular weight excluding hydrogens is 254 g/mol. The van der Waals surface area contributed by atoms with Gasteiger partial charge in [0.2, 0.25) is 0 Å². The van der Waals surface area contributed by atoms with Crippen LogP contribution in [0.3, 0.4) is 0 Å². The summed E-state index contributed by atoms with van der Waals surface area (Å²) in [5.74, 6) is 1.56. The summed E-state index contributed by atoms with van der Waals surface area (Å²) in [4.78, 5) is 0. The van der Waals surface area contributed by atoms with Gasteiger partial charge in [-0.2, -0.15) is 0 Å². The van der Waals surface area contributed by atoms with Crippen LogP contribution in [0.1, 0.15) is 76.3 Å². The van der Waals surface area contributed by atoms with E-state index in [0.29, 0.717) is 5.92 Å². The average Bonchev–Trinajstić information content (AvgIpc) is 3.02. The lowest BCUT2D eigenvalue weighted by Gasteiger charge is -2.25. The quantitative estimate of drug-likeness (QED) is 0.684. The second kappa shape index (κ2) is 8.58. The highest BCUT2D eigenvalue weighted by atomic mass is 14.9. The molecule has 0 aliphatic heterocycles. The van der Waals surface area contributed by atoms with Crippen LogP contribution >= 0.6 is 0 Å². The molecule has 1 aliphatic carbocycles. The molecule has 0 amide bonds. The van der Waals surface area contributed by atoms with Gasteiger partial charge >= 0.3 is 0 Å². The van der Waals surface area contributed by atoms with Crippen LogP contribution in [-0.2, 0) is 6.42 Å². The predicted molar refractivity (Wildman–Crippen MR) is 92.9 cm³/mol. The number of rotatable bonds is 8. The van der Waals surface area contributed by atoms with Gasteiger partial charge in [0.05, 0.1) is 0 Å². The predicted octanol–water partition coefficient (Wildman–Crippen LogP) is 5.30. The molecule has 118 valence electrons. The molecule has 1 aromatic rings. The van der Waals surface area contributed by atoms with Crippen molar-refractivity contribution in [1.82, 2.24) is 5.32 Å². The van der Waals surface area contributed by atoms with E-state index < -0.39 is 0 Å². The van der Waals surface area contributed by atoms with Gasteiger partial charge in [0.1, 0.15) is 0 Å². The molecule has 1 fully saturated rings. The summed E-state index contributed by atoms with van der Waals surface area (Å²) in [6.07, 6.45) is 9.52. The highest BCUT2D eigenvalue weighted by molar-refractivity contribution is 5.24. The summed E-state index contributed by atoms with van der Waals surface area (Å²) < 4.78 is 0. The van der Waals surface area contributed by atoms with Crippen molar-refractivity contribution >= 4 is 0 Å². The van der Waals surface area contributed by atoms with Gasteiger partial charge in [0.25, 0.3) is 0 Å². The Balaban J connectivity index is 1.87. The third-order valence-corrected chi connectivity index (χ3v) is 5.02. The minimum atomic E-state index is 0.636. The van der Waals surface area contributed by atoms with Crippen molar-refractivity contribution < 1.29 is 0 Å². The van der Waals surface area contributed by atoms with Crippen molar-refractivity contribution in [1.29, 1.82) is 0 Å². The van der Waals surface area contributed by atoms with Gasteiger partial charge in [-0.25, -0.2) is 0 Å². The van der Waals surface area contributed by atoms with E-state index in [1.807, 2.05) is 0 Å². The second-order valence-corrected chi connectivity index (χ2v) is 7.04. The molecule has 21 heavy (non-hydrogen) atoms. The third kappa shape index (κ3) is 5.14. The van der Waals surface area contributed by atoms with E-state index in [1.54, 1.807) is 0 Å². The fourth-order valence-electron chi connectivity index (χ4n) is 3.59. The maximum absolute atomic E-state index is 3.81. The van der Waals surface area contributed by atoms with Gasteiger partial charge in [0.15, 0.2) is 0 Å². The Morgan fingerprint density at radius 2 is 1.76 bits per heavy atom. The van der Waals surface area contributed by atoms with E-state index in [9.17, 15) is 0 Å². The van der Waals surface area contributed by atoms with Crippen molar-refractivity contribution in [3.05, 3.63) is 35.4 Å². The van der Waals surface area contributed by atoms with E-state index in [2.05, 4.69) is 50.4 Å². The Morgan fingerprint density at radius 3 is 2.33 bits per heavy atom. The molecule has 1 aliphatic rings. The first-order valence-corrected chi connectivity index (χ1v) is 9.03. The van der Waals surface area contributed by atoms with Gasteiger partial charge in [-0.1, -0.05) is 57.9 Å². The van der Waals surface area contributed by atoms with Crippen LogP contribution in [0.4, 0.5) is 0 Å². The number of hydrogen-bond donors (Lipinski definition) is 1. The Hall–Kier alpha value is -0.820. The second-order valence-electron chi connectivity index (χ2n) is 7.04. The summed E-state index contributed by atoms with van der Waals surface area (Å²) in [6.45, 7) is 7.97. The first-order valence-electron chi connectivity index (χ1n) is 9.03. The fourth-order valence-corrected chi connectivity index (χ4v) is 3.59. The lowest BCUT2D eigenvalue weighted by molar-refractivity contribution is 0.341. The molecule has 0 aromatic heterocycles. The van der Waals surface area contributed by atoms with Crippen LogP contribution in [0.2, 0.25) is 0 Å². The molecule has 1 saturated carbocycles. The lowest BCUT2D eigenvalue weighted by Crippen LogP contribution is -2.36. The van der Waals surface area contributed by atoms with Crippen molar-refractivity contribution in [3.63, 3.8) is 0 Å². The van der Waals surface area contributed by atoms with E-state index in [0.717, 1.165) is 12.0 Å². The van der Waals surface area contributed by atoms with Crippen LogP contribution in [0.5, 0.6) is 0 Å². The molecule has 0 saturated heterocycles. The SMILES string of the molecule is CCCNC(CCc1ccc(C(C)C)cc1)C1CCCC1. The number of benzene rings is 1. The summed E-state index contributed by atoms with van der Waals surface area (Å²) in [7, 11) is 0. The summed E-state index contributed by atoms with van der Waals surface area (Å²) >= 11 is 0. The van der Waals surface area contributed by atoms with Crippen molar-refractivity contribution in [2.45, 2.75) is 77.7 Å². The first-order chi connectivity index (χ1) is 10.2. The average molecular weight is 287 g/mol. The van der Waals surface area contributed by atoms with Gasteiger partial charge in [-0.3, -0.25) is 0 Å². The number of nitrogens with one attached hydrogen (secondary N) is 1. The maximum Gasteiger partial charge on any atom is 0.00984 e. The minimum absolute atomic E-state index is 0.636. The van der Waals surface area contributed by atoms with Crippen molar-refractivity contribution in [3.8, 4) is 0 Å². The molecule has 0 bridgehead atoms. The summed E-state index contributed by atoms with van der Waals surface area (Å²) in [5.41, 5.74) is 2.95. The summed E-state index contributed by atoms with van der Waals surface area (Å²) in [5, 5.41) is 3.81. The standard InChI is InChI=1S/C20H33N/c1-4-15-21-20(19-7-5-6-8-19)14-11-17-9-12-18(13-10-17)16(2)3/h9-10,12-13,16,19-21H,4-8,11,14-15H2,1-3H3. The van der Waals surface area contributed by atoms with Crippen molar-refractivity contribution in [2.24, 2.45) is 5.92 Å². The lowest BCUT2D eigenvalue weighted by atomic mass is 9.91. The monoisotopic (exact) mass is 287 g/mol. The molecular formula is C20H33N. The highest BCUT2D eigenvalue weighted by Gasteiger charge is 2.24. The van der Waals surface area contributed by atoms with Crippen molar-refractivity contribution in [2.75, 3.05) is 6.54 Å². The van der Waals surface area contributed by atoms with E-state index in [4.69, 9.17) is 0 Å². The Kier molecular flexibility index (Phi) is 6.76. The molecule has 1 atom stereocenters. The molecule has 0 heterocycles. The van der Waals surface area contributed by atoms with E-state index in [-0.39, 0.29) is 0 Å². The molecule has 0 radical (unpaired) electrons. The highest BCUT2D eigenvalue weighted by Crippen LogP contribution is 2.29. The zero-order valence-electron chi connectivity index (χ0n) is 14.2. The number of hydrogen-bond acceptors (Lipinski definition) is 1. The van der Waals surface area contributed by atoms with Crippen LogP contribution in [-0.4, -0.2) is 12.6 Å². The van der Waals surface area contributed by atoms with Crippen LogP contribution in [0.15, 0.2) is 24.3 Å². The topological polar surface area (TPSA) is 12.0 Å². The van der Waals surface area contributed by atoms with Gasteiger partial charge in [-0.05, 0) is 61.6 Å². The molecule has 1 N–H and O–H groups in total. The normalized spacial score (nSPS) is 17.5. The molecule has 1 aromatic carbocycles. The maximum atomic E-state index is 3.81. The first kappa shape index (κ1) is 16.5. The summed E-state index contributed by atoms with van der Waals surface area (Å²) in [6, 6.07) is 10.0. The smallest absolute Gasteiger partial charge is 0.00984 e. The van der Waals surface area contributed by atoms with E-state index >= 15 is 0 Å². The minimum Gasteiger partial charge on any atom is -0.314 e. The third-order valence-electron chi connectivity index (χ3n) is 5.02. The Labute approximate surface area is 131 Å². The zero-order chi connectivity index (χ0) is 15.1. The van der Waals surface area contributed by atoms with Gasteiger partial charge in [-0.15, -0.1) is 0 Å². The zero-order valence-corrected chi connectivity index (χ0v) is 14.2. The molecule has 2 rings (SSSR count). The van der Waals surface area contributed by atoms with Crippen LogP contribution in [0, 0.1) is 5.92 Å². The molecule has 1 heteroatoms. The molecule has 0 spiro atoms. The van der Waals surface area contributed by atoms with Crippen LogP contribution in [0.25, 0.3) is 0 Å². The Bertz CT molecular complexity index is 387. The fraction of sp³-hybridized carbons (Fsp3) is 0.700. The number of aryl methyl sites for hydroxylation is 1. The Morgan fingerprint density at radius 1 is 1.10 bits per heavy atom. The van der Waals surface area contributed by atoms with Crippen LogP contribution < -0.4 is 5.32 Å². The van der Waals surface area contributed by atoms with Gasteiger partial charge in [0, 0.05) is 6.04 Å². The van der Waals surface area contributed by atoms with Gasteiger partial charge < -0.3 is 5.32 Å².